The Morgan fingerprint density at radius 2 is 1.85 bits per heavy atom. The fourth-order valence-corrected chi connectivity index (χ4v) is 3.60. The van der Waals surface area contributed by atoms with Crippen LogP contribution in [0, 0.1) is 0 Å². The third-order valence-electron chi connectivity index (χ3n) is 5.10. The van der Waals surface area contributed by atoms with E-state index in [1.165, 1.54) is 29.7 Å². The van der Waals surface area contributed by atoms with Gasteiger partial charge >= 0.3 is 5.97 Å². The van der Waals surface area contributed by atoms with Gasteiger partial charge in [0, 0.05) is 13.1 Å². The molecule has 9 heteroatoms. The Kier molecular flexibility index (Phi) is 6.25. The monoisotopic (exact) mass is 465 g/mol. The molecule has 168 valence electrons. The number of carbonyl (C=O) groups is 1. The van der Waals surface area contributed by atoms with Crippen molar-refractivity contribution in [1.29, 1.82) is 0 Å². The zero-order valence-electron chi connectivity index (χ0n) is 17.4. The number of nitrogens with zero attached hydrogens (tertiary/aromatic N) is 1. The molecule has 0 saturated heterocycles. The highest BCUT2D eigenvalue weighted by Crippen LogP contribution is 2.25. The van der Waals surface area contributed by atoms with E-state index in [2.05, 4.69) is 0 Å². The molecule has 0 aliphatic carbocycles. The highest BCUT2D eigenvalue weighted by molar-refractivity contribution is 7.80. The maximum absolute atomic E-state index is 13.0. The van der Waals surface area contributed by atoms with Gasteiger partial charge < -0.3 is 14.3 Å². The highest BCUT2D eigenvalue weighted by Gasteiger charge is 2.12. The van der Waals surface area contributed by atoms with E-state index in [4.69, 9.17) is 14.3 Å². The van der Waals surface area contributed by atoms with Crippen molar-refractivity contribution in [3.63, 3.8) is 0 Å². The Balaban J connectivity index is 1.56. The number of anilines is 1. The Bertz CT molecular complexity index is 1410. The zero-order chi connectivity index (χ0) is 23.5. The van der Waals surface area contributed by atoms with Crippen molar-refractivity contribution in [1.82, 2.24) is 0 Å². The summed E-state index contributed by atoms with van der Waals surface area (Å²) >= 11 is -2.14. The second-order valence-corrected chi connectivity index (χ2v) is 8.21. The number of rotatable bonds is 7. The third-order valence-corrected chi connectivity index (χ3v) is 5.78. The molecule has 0 aliphatic heterocycles. The molecule has 0 radical (unpaired) electrons. The number of aromatic carboxylic acids is 1. The Morgan fingerprint density at radius 3 is 2.55 bits per heavy atom. The number of carboxylic acid groups (broad SMARTS) is 1. The van der Waals surface area contributed by atoms with E-state index in [-0.39, 0.29) is 17.6 Å². The summed E-state index contributed by atoms with van der Waals surface area (Å²) in [6.07, 6.45) is 1.37. The summed E-state index contributed by atoms with van der Waals surface area (Å²) in [4.78, 5) is 24.1. The highest BCUT2D eigenvalue weighted by atomic mass is 32.2. The minimum atomic E-state index is -2.14. The first-order valence-electron chi connectivity index (χ1n) is 9.79. The van der Waals surface area contributed by atoms with Crippen molar-refractivity contribution in [2.45, 2.75) is 6.61 Å². The molecule has 8 nitrogen and oxygen atoms in total. The van der Waals surface area contributed by atoms with Crippen LogP contribution in [-0.2, 0) is 17.9 Å². The largest absolute Gasteiger partial charge is 0.489 e. The fraction of sp³-hybridized carbons (Fsp3) is 0.0833. The lowest BCUT2D eigenvalue weighted by Gasteiger charge is -2.14. The molecule has 0 aliphatic rings. The molecule has 0 spiro atoms. The summed E-state index contributed by atoms with van der Waals surface area (Å²) in [5.41, 5.74) is 2.52. The number of ether oxygens (including phenoxy) is 1. The zero-order valence-corrected chi connectivity index (χ0v) is 18.2. The first-order chi connectivity index (χ1) is 15.8. The van der Waals surface area contributed by atoms with E-state index in [1.807, 2.05) is 0 Å². The van der Waals surface area contributed by atoms with Crippen molar-refractivity contribution in [2.24, 2.45) is 0 Å². The van der Waals surface area contributed by atoms with Crippen LogP contribution in [0.1, 0.15) is 15.9 Å². The van der Waals surface area contributed by atoms with Crippen molar-refractivity contribution in [2.75, 3.05) is 11.4 Å². The van der Waals surface area contributed by atoms with Crippen LogP contribution in [0.15, 0.2) is 82.2 Å². The van der Waals surface area contributed by atoms with Crippen LogP contribution < -0.4 is 14.5 Å². The number of hydrogen-bond acceptors (Lipinski definition) is 5. The van der Waals surface area contributed by atoms with Crippen molar-refractivity contribution < 1.29 is 27.8 Å². The maximum Gasteiger partial charge on any atom is 0.335 e. The number of carboxylic acids is 1. The van der Waals surface area contributed by atoms with E-state index in [9.17, 15) is 18.4 Å². The number of hydrogen-bond donors (Lipinski definition) is 2. The van der Waals surface area contributed by atoms with Crippen LogP contribution in [0.3, 0.4) is 0 Å². The van der Waals surface area contributed by atoms with E-state index in [0.717, 1.165) is 0 Å². The van der Waals surface area contributed by atoms with Gasteiger partial charge in [-0.3, -0.25) is 13.7 Å². The van der Waals surface area contributed by atoms with Gasteiger partial charge in [-0.25, -0.2) is 9.00 Å². The minimum absolute atomic E-state index is 0.161. The molecular formula is C24H19NO7S. The molecule has 4 aromatic rings. The van der Waals surface area contributed by atoms with Crippen molar-refractivity contribution in [3.05, 3.63) is 94.3 Å². The van der Waals surface area contributed by atoms with Gasteiger partial charge in [-0.1, -0.05) is 24.3 Å². The van der Waals surface area contributed by atoms with E-state index in [1.54, 1.807) is 54.6 Å². The molecule has 33 heavy (non-hydrogen) atoms. The van der Waals surface area contributed by atoms with E-state index >= 15 is 0 Å². The van der Waals surface area contributed by atoms with Gasteiger partial charge in [0.25, 0.3) is 11.3 Å². The quantitative estimate of drug-likeness (QED) is 0.391. The Morgan fingerprint density at radius 1 is 1.09 bits per heavy atom. The first kappa shape index (κ1) is 22.3. The lowest BCUT2D eigenvalue weighted by Crippen LogP contribution is -2.18. The predicted octanol–water partition coefficient (Wildman–Crippen LogP) is 4.31. The predicted molar refractivity (Wildman–Crippen MR) is 125 cm³/mol. The Hall–Kier alpha value is -3.95. The summed E-state index contributed by atoms with van der Waals surface area (Å²) in [5, 5.41) is 9.48. The molecule has 0 saturated carbocycles. The SMILES string of the molecule is CN(c1ccc(-c2coc3cc(OCc4cccc(C(=O)O)c4)ccc3c2=O)cc1)S(=O)O. The van der Waals surface area contributed by atoms with E-state index in [0.29, 0.717) is 39.1 Å². The molecule has 4 rings (SSSR count). The average molecular weight is 465 g/mol. The molecule has 1 unspecified atom stereocenters. The summed E-state index contributed by atoms with van der Waals surface area (Å²) in [7, 11) is 1.48. The van der Waals surface area contributed by atoms with Crippen LogP contribution in [0.5, 0.6) is 5.75 Å². The molecule has 1 atom stereocenters. The maximum atomic E-state index is 13.0. The number of fused-ring (bicyclic) bond motifs is 1. The van der Waals surface area contributed by atoms with Gasteiger partial charge in [0.05, 0.1) is 22.2 Å². The van der Waals surface area contributed by atoms with Crippen LogP contribution >= 0.6 is 0 Å². The van der Waals surface area contributed by atoms with Crippen molar-refractivity contribution in [3.8, 4) is 16.9 Å². The molecule has 2 N–H and O–H groups in total. The lowest BCUT2D eigenvalue weighted by atomic mass is 10.1. The van der Waals surface area contributed by atoms with Crippen LogP contribution in [0.4, 0.5) is 5.69 Å². The van der Waals surface area contributed by atoms with Crippen LogP contribution in [0.2, 0.25) is 0 Å². The van der Waals surface area contributed by atoms with Gasteiger partial charge in [-0.15, -0.1) is 0 Å². The van der Waals surface area contributed by atoms with E-state index < -0.39 is 17.2 Å². The summed E-state index contributed by atoms with van der Waals surface area (Å²) in [6.45, 7) is 0.161. The third kappa shape index (κ3) is 4.79. The molecule has 1 heterocycles. The van der Waals surface area contributed by atoms with Crippen LogP contribution in [0.25, 0.3) is 22.1 Å². The normalized spacial score (nSPS) is 11.8. The molecule has 0 fully saturated rings. The number of benzene rings is 3. The van der Waals surface area contributed by atoms with Crippen LogP contribution in [-0.4, -0.2) is 26.9 Å². The molecule has 0 amide bonds. The fourth-order valence-electron chi connectivity index (χ4n) is 3.30. The lowest BCUT2D eigenvalue weighted by molar-refractivity contribution is 0.0696. The summed E-state index contributed by atoms with van der Waals surface area (Å²) in [5.74, 6) is -0.534. The standard InChI is InChI=1S/C24H19NO7S/c1-25(33(29)30)18-7-5-16(6-8-18)21-14-32-22-12-19(9-10-20(22)23(21)26)31-13-15-3-2-4-17(11-15)24(27)28/h2-12,14H,13H2,1H3,(H,27,28)(H,29,30). The Labute approximate surface area is 191 Å². The smallest absolute Gasteiger partial charge is 0.335 e. The summed E-state index contributed by atoms with van der Waals surface area (Å²) < 4.78 is 33.0. The van der Waals surface area contributed by atoms with Gasteiger partial charge in [0.15, 0.2) is 5.43 Å². The van der Waals surface area contributed by atoms with Gasteiger partial charge in [0.2, 0.25) is 0 Å². The molecular weight excluding hydrogens is 446 g/mol. The minimum Gasteiger partial charge on any atom is -0.489 e. The summed E-state index contributed by atoms with van der Waals surface area (Å²) in [6, 6.07) is 18.0. The second-order valence-electron chi connectivity index (χ2n) is 7.21. The first-order valence-corrected chi connectivity index (χ1v) is 10.9. The topological polar surface area (TPSA) is 117 Å². The average Bonchev–Trinajstić information content (AvgIpc) is 2.82. The molecule has 1 aromatic heterocycles. The van der Waals surface area contributed by atoms with Gasteiger partial charge in [-0.2, -0.15) is 0 Å². The molecule has 0 bridgehead atoms. The van der Waals surface area contributed by atoms with Gasteiger partial charge in [-0.05, 0) is 47.5 Å². The van der Waals surface area contributed by atoms with Gasteiger partial charge in [0.1, 0.15) is 24.2 Å². The molecule has 3 aromatic carbocycles. The second kappa shape index (κ2) is 9.27. The van der Waals surface area contributed by atoms with Crippen molar-refractivity contribution >= 4 is 33.9 Å².